The highest BCUT2D eigenvalue weighted by Crippen LogP contribution is 2.22. The number of amides is 2. The molecule has 10 heteroatoms. The van der Waals surface area contributed by atoms with Gasteiger partial charge < -0.3 is 35.5 Å². The molecule has 1 rings (SSSR count). The summed E-state index contributed by atoms with van der Waals surface area (Å²) in [6, 6.07) is 5.66. The lowest BCUT2D eigenvalue weighted by atomic mass is 9.97. The molecule has 0 spiro atoms. The summed E-state index contributed by atoms with van der Waals surface area (Å²) >= 11 is 0. The summed E-state index contributed by atoms with van der Waals surface area (Å²) in [5, 5.41) is 12.0. The number of esters is 1. The first-order valence-electron chi connectivity index (χ1n) is 12.6. The lowest BCUT2D eigenvalue weighted by Crippen LogP contribution is -2.36. The molecule has 37 heavy (non-hydrogen) atoms. The van der Waals surface area contributed by atoms with Crippen LogP contribution in [-0.4, -0.2) is 55.5 Å². The van der Waals surface area contributed by atoms with E-state index in [1.165, 1.54) is 0 Å². The van der Waals surface area contributed by atoms with E-state index in [2.05, 4.69) is 21.3 Å². The Balaban J connectivity index is 2.66. The van der Waals surface area contributed by atoms with Crippen molar-refractivity contribution < 1.29 is 28.6 Å². The van der Waals surface area contributed by atoms with E-state index in [-0.39, 0.29) is 5.97 Å². The molecule has 0 bridgehead atoms. The predicted octanol–water partition coefficient (Wildman–Crippen LogP) is 3.87. The van der Waals surface area contributed by atoms with Crippen molar-refractivity contribution in [3.8, 4) is 5.75 Å². The number of hydrogen-bond donors (Lipinski definition) is 4. The van der Waals surface area contributed by atoms with E-state index in [1.807, 2.05) is 59.7 Å². The van der Waals surface area contributed by atoms with E-state index in [0.717, 1.165) is 11.1 Å². The molecule has 0 radical (unpaired) electrons. The van der Waals surface area contributed by atoms with Crippen molar-refractivity contribution in [1.29, 1.82) is 0 Å². The first-order chi connectivity index (χ1) is 16.9. The summed E-state index contributed by atoms with van der Waals surface area (Å²) in [5.41, 5.74) is 0.144. The fraction of sp³-hybridized carbons (Fsp3) is 0.667. The van der Waals surface area contributed by atoms with Crippen LogP contribution in [-0.2, 0) is 27.4 Å². The third-order valence-corrected chi connectivity index (χ3v) is 4.45. The van der Waals surface area contributed by atoms with Crippen LogP contribution in [0.4, 0.5) is 9.59 Å². The Morgan fingerprint density at radius 3 is 1.41 bits per heavy atom. The van der Waals surface area contributed by atoms with E-state index in [4.69, 9.17) is 14.2 Å². The van der Waals surface area contributed by atoms with Crippen LogP contribution in [0, 0.1) is 5.41 Å². The zero-order chi connectivity index (χ0) is 28.3. The van der Waals surface area contributed by atoms with Crippen molar-refractivity contribution in [2.45, 2.75) is 86.6 Å². The first-order valence-corrected chi connectivity index (χ1v) is 12.6. The van der Waals surface area contributed by atoms with Crippen LogP contribution in [0.3, 0.4) is 0 Å². The molecule has 0 unspecified atom stereocenters. The summed E-state index contributed by atoms with van der Waals surface area (Å²) in [7, 11) is 0. The van der Waals surface area contributed by atoms with Crippen molar-refractivity contribution >= 4 is 18.2 Å². The number of hydrogen-bond acceptors (Lipinski definition) is 8. The molecule has 2 amide bonds. The molecule has 0 saturated carbocycles. The van der Waals surface area contributed by atoms with Crippen molar-refractivity contribution in [2.75, 3.05) is 26.2 Å². The average molecular weight is 523 g/mol. The Bertz CT molecular complexity index is 841. The first kappa shape index (κ1) is 32.2. The minimum Gasteiger partial charge on any atom is -0.444 e. The molecular weight excluding hydrogens is 476 g/mol. The molecule has 0 fully saturated rings. The maximum Gasteiger partial charge on any atom is 0.407 e. The van der Waals surface area contributed by atoms with Gasteiger partial charge in [0.15, 0.2) is 0 Å². The molecule has 0 aliphatic heterocycles. The summed E-state index contributed by atoms with van der Waals surface area (Å²) < 4.78 is 16.1. The monoisotopic (exact) mass is 522 g/mol. The predicted molar refractivity (Wildman–Crippen MR) is 143 cm³/mol. The highest BCUT2D eigenvalue weighted by Gasteiger charge is 2.24. The highest BCUT2D eigenvalue weighted by molar-refractivity contribution is 5.78. The second kappa shape index (κ2) is 14.2. The number of benzene rings is 1. The van der Waals surface area contributed by atoms with E-state index in [1.54, 1.807) is 20.8 Å². The van der Waals surface area contributed by atoms with Crippen LogP contribution in [0.5, 0.6) is 5.75 Å². The molecule has 210 valence electrons. The van der Waals surface area contributed by atoms with Crippen molar-refractivity contribution in [2.24, 2.45) is 5.41 Å². The van der Waals surface area contributed by atoms with Gasteiger partial charge in [0.1, 0.15) is 17.0 Å². The molecular formula is C27H46N4O6. The molecule has 0 heterocycles. The number of alkyl carbamates (subject to hydrolysis) is 2. The van der Waals surface area contributed by atoms with Gasteiger partial charge in [0.05, 0.1) is 5.41 Å². The minimum atomic E-state index is -0.632. The van der Waals surface area contributed by atoms with E-state index >= 15 is 0 Å². The topological polar surface area (TPSA) is 127 Å². The highest BCUT2D eigenvalue weighted by atomic mass is 16.6. The normalized spacial score (nSPS) is 12.0. The summed E-state index contributed by atoms with van der Waals surface area (Å²) in [5.74, 6) is 0.148. The number of nitrogens with one attached hydrogen (secondary N) is 4. The van der Waals surface area contributed by atoms with Gasteiger partial charge in [0.2, 0.25) is 0 Å². The molecule has 0 aliphatic carbocycles. The Labute approximate surface area is 221 Å². The van der Waals surface area contributed by atoms with Gasteiger partial charge in [-0.05, 0) is 85.6 Å². The molecule has 0 saturated heterocycles. The molecule has 0 atom stereocenters. The van der Waals surface area contributed by atoms with Crippen LogP contribution in [0.15, 0.2) is 18.2 Å². The zero-order valence-corrected chi connectivity index (χ0v) is 23.9. The Hall–Kier alpha value is -2.85. The fourth-order valence-corrected chi connectivity index (χ4v) is 2.85. The van der Waals surface area contributed by atoms with Gasteiger partial charge in [-0.25, -0.2) is 9.59 Å². The quantitative estimate of drug-likeness (QED) is 0.196. The van der Waals surface area contributed by atoms with Gasteiger partial charge >= 0.3 is 18.2 Å². The molecule has 1 aromatic carbocycles. The summed E-state index contributed by atoms with van der Waals surface area (Å²) in [6.07, 6.45) is -0.917. The van der Waals surface area contributed by atoms with Crippen LogP contribution >= 0.6 is 0 Å². The lowest BCUT2D eigenvalue weighted by molar-refractivity contribution is -0.143. The second-order valence-corrected chi connectivity index (χ2v) is 11.8. The summed E-state index contributed by atoms with van der Waals surface area (Å²) in [4.78, 5) is 35.9. The van der Waals surface area contributed by atoms with Gasteiger partial charge in [-0.15, -0.1) is 0 Å². The van der Waals surface area contributed by atoms with Gasteiger partial charge in [0.25, 0.3) is 0 Å². The zero-order valence-electron chi connectivity index (χ0n) is 23.9. The van der Waals surface area contributed by atoms with E-state index < -0.39 is 28.8 Å². The SMILES string of the molecule is CC(C)(C)OC(=O)NCCNCc1cc(CNCCNC(=O)OC(C)(C)C)cc(OC(=O)C(C)(C)C)c1. The van der Waals surface area contributed by atoms with Gasteiger partial charge in [-0.1, -0.05) is 6.07 Å². The van der Waals surface area contributed by atoms with Gasteiger partial charge in [-0.2, -0.15) is 0 Å². The third kappa shape index (κ3) is 15.8. The Morgan fingerprint density at radius 1 is 0.649 bits per heavy atom. The largest absolute Gasteiger partial charge is 0.444 e. The van der Waals surface area contributed by atoms with Crippen molar-refractivity contribution in [3.05, 3.63) is 29.3 Å². The molecule has 0 aliphatic rings. The molecule has 4 N–H and O–H groups in total. The van der Waals surface area contributed by atoms with Gasteiger partial charge in [-0.3, -0.25) is 4.79 Å². The van der Waals surface area contributed by atoms with Gasteiger partial charge in [0, 0.05) is 39.3 Å². The second-order valence-electron chi connectivity index (χ2n) is 11.8. The van der Waals surface area contributed by atoms with Crippen molar-refractivity contribution in [3.63, 3.8) is 0 Å². The summed E-state index contributed by atoms with van der Waals surface area (Å²) in [6.45, 7) is 19.2. The van der Waals surface area contributed by atoms with Crippen LogP contribution in [0.1, 0.15) is 73.4 Å². The fourth-order valence-electron chi connectivity index (χ4n) is 2.85. The Morgan fingerprint density at radius 2 is 1.05 bits per heavy atom. The number of carbonyl (C=O) groups excluding carboxylic acids is 3. The smallest absolute Gasteiger partial charge is 0.407 e. The van der Waals surface area contributed by atoms with Crippen LogP contribution < -0.4 is 26.0 Å². The van der Waals surface area contributed by atoms with Crippen LogP contribution in [0.25, 0.3) is 0 Å². The van der Waals surface area contributed by atoms with Crippen molar-refractivity contribution in [1.82, 2.24) is 21.3 Å². The standard InChI is InChI=1S/C27H46N4O6/c1-25(2,3)22(32)35-21-15-19(17-28-10-12-30-23(33)36-26(4,5)6)14-20(16-21)18-29-11-13-31-24(34)37-27(7,8)9/h14-16,28-29H,10-13,17-18H2,1-9H3,(H,30,33)(H,31,34). The number of ether oxygens (including phenoxy) is 3. The maximum atomic E-state index is 12.4. The molecule has 0 aromatic heterocycles. The minimum absolute atomic E-state index is 0.320. The van der Waals surface area contributed by atoms with E-state index in [9.17, 15) is 14.4 Å². The number of carbonyl (C=O) groups is 3. The maximum absolute atomic E-state index is 12.4. The molecule has 1 aromatic rings. The number of rotatable bonds is 11. The molecule has 10 nitrogen and oxygen atoms in total. The third-order valence-electron chi connectivity index (χ3n) is 4.45. The Kier molecular flexibility index (Phi) is 12.3. The van der Waals surface area contributed by atoms with E-state index in [0.29, 0.717) is 45.0 Å². The average Bonchev–Trinajstić information content (AvgIpc) is 2.70. The lowest BCUT2D eigenvalue weighted by Gasteiger charge is -2.20. The van der Waals surface area contributed by atoms with Crippen LogP contribution in [0.2, 0.25) is 0 Å².